The van der Waals surface area contributed by atoms with Crippen molar-refractivity contribution >= 4 is 29.4 Å². The zero-order valence-electron chi connectivity index (χ0n) is 18.9. The maximum atomic E-state index is 13.1. The lowest BCUT2D eigenvalue weighted by molar-refractivity contribution is -0.122. The van der Waals surface area contributed by atoms with Gasteiger partial charge in [0.2, 0.25) is 5.91 Å². The van der Waals surface area contributed by atoms with E-state index in [1.165, 1.54) is 4.90 Å². The van der Waals surface area contributed by atoms with E-state index in [1.54, 1.807) is 62.4 Å². The Morgan fingerprint density at radius 1 is 0.970 bits per heavy atom. The van der Waals surface area contributed by atoms with E-state index in [0.717, 1.165) is 19.3 Å². The highest BCUT2D eigenvalue weighted by molar-refractivity contribution is 6.21. The SMILES string of the molecule is CC(C)OC(=O)c1ccc(NC(=O)C2CCCCC2CN2C(=O)c3ccccc3C2=O)cc1. The van der Waals surface area contributed by atoms with Gasteiger partial charge < -0.3 is 10.1 Å². The van der Waals surface area contributed by atoms with E-state index in [1.807, 2.05) is 0 Å². The second kappa shape index (κ2) is 9.57. The molecule has 1 aliphatic heterocycles. The molecule has 2 aromatic carbocycles. The van der Waals surface area contributed by atoms with Crippen molar-refractivity contribution < 1.29 is 23.9 Å². The topological polar surface area (TPSA) is 92.8 Å². The number of hydrogen-bond donors (Lipinski definition) is 1. The van der Waals surface area contributed by atoms with Crippen LogP contribution in [0.4, 0.5) is 5.69 Å². The van der Waals surface area contributed by atoms with Crippen molar-refractivity contribution in [1.29, 1.82) is 0 Å². The van der Waals surface area contributed by atoms with Gasteiger partial charge in [0.1, 0.15) is 0 Å². The number of imide groups is 1. The lowest BCUT2D eigenvalue weighted by Gasteiger charge is -2.32. The van der Waals surface area contributed by atoms with E-state index >= 15 is 0 Å². The van der Waals surface area contributed by atoms with E-state index in [9.17, 15) is 19.2 Å². The van der Waals surface area contributed by atoms with Gasteiger partial charge in [-0.05, 0) is 69.0 Å². The van der Waals surface area contributed by atoms with Crippen molar-refractivity contribution in [3.63, 3.8) is 0 Å². The molecular formula is C26H28N2O5. The van der Waals surface area contributed by atoms with Gasteiger partial charge in [0.25, 0.3) is 11.8 Å². The van der Waals surface area contributed by atoms with Gasteiger partial charge in [0, 0.05) is 18.2 Å². The number of anilines is 1. The van der Waals surface area contributed by atoms with Gasteiger partial charge in [-0.15, -0.1) is 0 Å². The molecule has 1 N–H and O–H groups in total. The van der Waals surface area contributed by atoms with E-state index in [2.05, 4.69) is 5.32 Å². The van der Waals surface area contributed by atoms with Gasteiger partial charge in [-0.1, -0.05) is 25.0 Å². The van der Waals surface area contributed by atoms with Gasteiger partial charge in [0.15, 0.2) is 0 Å². The van der Waals surface area contributed by atoms with Crippen LogP contribution in [-0.4, -0.2) is 41.2 Å². The molecule has 2 atom stereocenters. The number of rotatable bonds is 6. The van der Waals surface area contributed by atoms with Crippen molar-refractivity contribution in [2.75, 3.05) is 11.9 Å². The summed E-state index contributed by atoms with van der Waals surface area (Å²) in [5.41, 5.74) is 1.86. The van der Waals surface area contributed by atoms with Gasteiger partial charge in [-0.25, -0.2) is 4.79 Å². The molecule has 33 heavy (non-hydrogen) atoms. The minimum atomic E-state index is -0.406. The third kappa shape index (κ3) is 4.82. The molecule has 3 amide bonds. The molecular weight excluding hydrogens is 420 g/mol. The molecule has 2 aromatic rings. The van der Waals surface area contributed by atoms with Crippen LogP contribution in [0.15, 0.2) is 48.5 Å². The fourth-order valence-electron chi connectivity index (χ4n) is 4.62. The molecule has 7 nitrogen and oxygen atoms in total. The second-order valence-corrected chi connectivity index (χ2v) is 8.94. The van der Waals surface area contributed by atoms with Crippen LogP contribution in [0.3, 0.4) is 0 Å². The first-order chi connectivity index (χ1) is 15.8. The number of hydrogen-bond acceptors (Lipinski definition) is 5. The Morgan fingerprint density at radius 2 is 1.58 bits per heavy atom. The fourth-order valence-corrected chi connectivity index (χ4v) is 4.62. The molecule has 0 radical (unpaired) electrons. The molecule has 1 aliphatic carbocycles. The number of ether oxygens (including phenoxy) is 1. The largest absolute Gasteiger partial charge is 0.459 e. The zero-order chi connectivity index (χ0) is 23.5. The molecule has 0 spiro atoms. The number of esters is 1. The number of fused-ring (bicyclic) bond motifs is 1. The third-order valence-electron chi connectivity index (χ3n) is 6.27. The summed E-state index contributed by atoms with van der Waals surface area (Å²) in [6, 6.07) is 13.4. The van der Waals surface area contributed by atoms with Crippen LogP contribution < -0.4 is 5.32 Å². The van der Waals surface area contributed by atoms with Gasteiger partial charge in [-0.3, -0.25) is 19.3 Å². The summed E-state index contributed by atoms with van der Waals surface area (Å²) in [4.78, 5) is 51.9. The molecule has 2 unspecified atom stereocenters. The molecule has 1 fully saturated rings. The van der Waals surface area contributed by atoms with E-state index < -0.39 is 5.97 Å². The number of carbonyl (C=O) groups excluding carboxylic acids is 4. The fraction of sp³-hybridized carbons (Fsp3) is 0.385. The normalized spacial score (nSPS) is 20.0. The summed E-state index contributed by atoms with van der Waals surface area (Å²) in [5.74, 6) is -1.51. The van der Waals surface area contributed by atoms with Crippen molar-refractivity contribution in [1.82, 2.24) is 4.90 Å². The standard InChI is InChI=1S/C26H28N2O5/c1-16(2)33-26(32)17-11-13-19(14-12-17)27-23(29)20-8-4-3-7-18(20)15-28-24(30)21-9-5-6-10-22(21)25(28)31/h5-6,9-14,16,18,20H,3-4,7-8,15H2,1-2H3,(H,27,29). The molecule has 4 rings (SSSR count). The van der Waals surface area contributed by atoms with Crippen molar-refractivity contribution in [2.45, 2.75) is 45.6 Å². The minimum Gasteiger partial charge on any atom is -0.459 e. The highest BCUT2D eigenvalue weighted by Crippen LogP contribution is 2.34. The molecule has 0 saturated heterocycles. The van der Waals surface area contributed by atoms with Crippen molar-refractivity contribution in [3.8, 4) is 0 Å². The van der Waals surface area contributed by atoms with E-state index in [-0.39, 0.29) is 42.2 Å². The summed E-state index contributed by atoms with van der Waals surface area (Å²) >= 11 is 0. The summed E-state index contributed by atoms with van der Waals surface area (Å²) in [6.07, 6.45) is 3.17. The Bertz CT molecular complexity index is 1040. The molecule has 1 heterocycles. The molecule has 2 aliphatic rings. The quantitative estimate of drug-likeness (QED) is 0.526. The van der Waals surface area contributed by atoms with Crippen molar-refractivity contribution in [2.24, 2.45) is 11.8 Å². The molecule has 7 heteroatoms. The average molecular weight is 449 g/mol. The first-order valence-electron chi connectivity index (χ1n) is 11.4. The summed E-state index contributed by atoms with van der Waals surface area (Å²) < 4.78 is 5.18. The first kappa shape index (κ1) is 22.7. The predicted octanol–water partition coefficient (Wildman–Crippen LogP) is 4.29. The van der Waals surface area contributed by atoms with Gasteiger partial charge in [0.05, 0.1) is 22.8 Å². The minimum absolute atomic E-state index is 0.0961. The van der Waals surface area contributed by atoms with E-state index in [4.69, 9.17) is 4.74 Å². The van der Waals surface area contributed by atoms with Crippen molar-refractivity contribution in [3.05, 3.63) is 65.2 Å². The van der Waals surface area contributed by atoms with Gasteiger partial charge in [-0.2, -0.15) is 0 Å². The Hall–Kier alpha value is -3.48. The van der Waals surface area contributed by atoms with Crippen LogP contribution in [-0.2, 0) is 9.53 Å². The molecule has 0 aromatic heterocycles. The maximum Gasteiger partial charge on any atom is 0.338 e. The zero-order valence-corrected chi connectivity index (χ0v) is 18.9. The number of carbonyl (C=O) groups is 4. The number of nitrogens with zero attached hydrogens (tertiary/aromatic N) is 1. The molecule has 0 bridgehead atoms. The Kier molecular flexibility index (Phi) is 6.58. The molecule has 1 saturated carbocycles. The Morgan fingerprint density at radius 3 is 2.18 bits per heavy atom. The first-order valence-corrected chi connectivity index (χ1v) is 11.4. The number of amides is 3. The lowest BCUT2D eigenvalue weighted by atomic mass is 9.78. The highest BCUT2D eigenvalue weighted by Gasteiger charge is 2.40. The summed E-state index contributed by atoms with van der Waals surface area (Å²) in [7, 11) is 0. The van der Waals surface area contributed by atoms with Crippen LogP contribution in [0.1, 0.15) is 70.6 Å². The number of benzene rings is 2. The summed E-state index contributed by atoms with van der Waals surface area (Å²) in [5, 5.41) is 2.93. The number of nitrogens with one attached hydrogen (secondary N) is 1. The highest BCUT2D eigenvalue weighted by atomic mass is 16.5. The predicted molar refractivity (Wildman–Crippen MR) is 123 cm³/mol. The second-order valence-electron chi connectivity index (χ2n) is 8.94. The average Bonchev–Trinajstić information content (AvgIpc) is 3.04. The third-order valence-corrected chi connectivity index (χ3v) is 6.27. The van der Waals surface area contributed by atoms with Gasteiger partial charge >= 0.3 is 5.97 Å². The van der Waals surface area contributed by atoms with Crippen LogP contribution in [0, 0.1) is 11.8 Å². The Balaban J connectivity index is 1.42. The van der Waals surface area contributed by atoms with E-state index in [0.29, 0.717) is 28.8 Å². The van der Waals surface area contributed by atoms with Crippen LogP contribution in [0.5, 0.6) is 0 Å². The monoisotopic (exact) mass is 448 g/mol. The van der Waals surface area contributed by atoms with Crippen LogP contribution in [0.25, 0.3) is 0 Å². The molecule has 172 valence electrons. The maximum absolute atomic E-state index is 13.1. The van der Waals surface area contributed by atoms with Crippen LogP contribution in [0.2, 0.25) is 0 Å². The Labute approximate surface area is 193 Å². The smallest absolute Gasteiger partial charge is 0.338 e. The summed E-state index contributed by atoms with van der Waals surface area (Å²) in [6.45, 7) is 3.81. The lowest BCUT2D eigenvalue weighted by Crippen LogP contribution is -2.41. The van der Waals surface area contributed by atoms with Crippen LogP contribution >= 0.6 is 0 Å².